The van der Waals surface area contributed by atoms with Crippen molar-refractivity contribution in [1.29, 1.82) is 0 Å². The smallest absolute Gasteiger partial charge is 0.300 e. The van der Waals surface area contributed by atoms with Gasteiger partial charge in [-0.15, -0.1) is 0 Å². The van der Waals surface area contributed by atoms with Crippen LogP contribution in [0, 0.1) is 6.92 Å². The van der Waals surface area contributed by atoms with E-state index in [2.05, 4.69) is 0 Å². The van der Waals surface area contributed by atoms with Crippen molar-refractivity contribution in [3.05, 3.63) is 95.1 Å². The van der Waals surface area contributed by atoms with Gasteiger partial charge in [0.15, 0.2) is 0 Å². The lowest BCUT2D eigenvalue weighted by atomic mass is 9.95. The van der Waals surface area contributed by atoms with E-state index in [-0.39, 0.29) is 11.3 Å². The Morgan fingerprint density at radius 3 is 1.88 bits per heavy atom. The average molecular weight is 429 g/mol. The predicted octanol–water partition coefficient (Wildman–Crippen LogP) is 4.64. The van der Waals surface area contributed by atoms with Gasteiger partial charge in [0.05, 0.1) is 25.8 Å². The van der Waals surface area contributed by atoms with Gasteiger partial charge in [-0.25, -0.2) is 0 Å². The van der Waals surface area contributed by atoms with Crippen molar-refractivity contribution in [3.8, 4) is 11.5 Å². The number of carbonyl (C=O) groups excluding carboxylic acids is 2. The summed E-state index contributed by atoms with van der Waals surface area (Å²) in [6, 6.07) is 20.3. The van der Waals surface area contributed by atoms with Crippen LogP contribution in [0.3, 0.4) is 0 Å². The summed E-state index contributed by atoms with van der Waals surface area (Å²) in [5, 5.41) is 11.1. The molecule has 4 rings (SSSR count). The molecule has 162 valence electrons. The number of rotatable bonds is 5. The number of carbonyl (C=O) groups is 2. The summed E-state index contributed by atoms with van der Waals surface area (Å²) in [6.07, 6.45) is 0. The molecule has 1 fully saturated rings. The molecule has 0 aromatic heterocycles. The molecule has 3 aromatic carbocycles. The van der Waals surface area contributed by atoms with Gasteiger partial charge >= 0.3 is 0 Å². The highest BCUT2D eigenvalue weighted by Gasteiger charge is 2.46. The average Bonchev–Trinajstić information content (AvgIpc) is 3.09. The van der Waals surface area contributed by atoms with Crippen molar-refractivity contribution in [3.63, 3.8) is 0 Å². The summed E-state index contributed by atoms with van der Waals surface area (Å²) >= 11 is 0. The molecule has 1 N–H and O–H groups in total. The summed E-state index contributed by atoms with van der Waals surface area (Å²) in [5.74, 6) is -0.371. The van der Waals surface area contributed by atoms with Gasteiger partial charge in [0.1, 0.15) is 17.3 Å². The molecule has 1 aliphatic heterocycles. The predicted molar refractivity (Wildman–Crippen MR) is 122 cm³/mol. The zero-order chi connectivity index (χ0) is 22.8. The number of hydrogen-bond acceptors (Lipinski definition) is 5. The summed E-state index contributed by atoms with van der Waals surface area (Å²) < 4.78 is 10.5. The fraction of sp³-hybridized carbons (Fsp3) is 0.154. The molecule has 1 unspecified atom stereocenters. The zero-order valence-corrected chi connectivity index (χ0v) is 18.0. The van der Waals surface area contributed by atoms with Gasteiger partial charge in [-0.05, 0) is 48.9 Å². The van der Waals surface area contributed by atoms with Crippen LogP contribution in [0.4, 0.5) is 5.69 Å². The third-order valence-electron chi connectivity index (χ3n) is 5.55. The molecule has 0 spiro atoms. The third-order valence-corrected chi connectivity index (χ3v) is 5.55. The zero-order valence-electron chi connectivity index (χ0n) is 18.0. The van der Waals surface area contributed by atoms with E-state index < -0.39 is 17.7 Å². The quantitative estimate of drug-likeness (QED) is 0.363. The minimum Gasteiger partial charge on any atom is -0.507 e. The van der Waals surface area contributed by atoms with Crippen molar-refractivity contribution in [2.24, 2.45) is 0 Å². The number of aryl methyl sites for hydroxylation is 1. The Hall–Kier alpha value is -4.06. The highest BCUT2D eigenvalue weighted by molar-refractivity contribution is 6.51. The first-order chi connectivity index (χ1) is 15.4. The monoisotopic (exact) mass is 429 g/mol. The Bertz CT molecular complexity index is 1180. The highest BCUT2D eigenvalue weighted by Crippen LogP contribution is 2.42. The van der Waals surface area contributed by atoms with Gasteiger partial charge in [0, 0.05) is 11.3 Å². The largest absolute Gasteiger partial charge is 0.507 e. The van der Waals surface area contributed by atoms with E-state index >= 15 is 0 Å². The number of Topliss-reactive ketones (excluding diaryl/α,β-unsaturated/α-hetero) is 1. The first-order valence-electron chi connectivity index (χ1n) is 10.1. The third kappa shape index (κ3) is 3.71. The molecule has 6 heteroatoms. The minimum absolute atomic E-state index is 0.0415. The van der Waals surface area contributed by atoms with Crippen LogP contribution in [0.2, 0.25) is 0 Å². The number of nitrogens with zero attached hydrogens (tertiary/aromatic N) is 1. The fourth-order valence-corrected chi connectivity index (χ4v) is 3.81. The molecule has 1 aliphatic rings. The van der Waals surface area contributed by atoms with E-state index in [1.165, 1.54) is 4.90 Å². The normalized spacial score (nSPS) is 17.5. The summed E-state index contributed by atoms with van der Waals surface area (Å²) in [6.45, 7) is 1.93. The molecule has 0 bridgehead atoms. The number of aliphatic hydroxyl groups is 1. The number of amides is 1. The van der Waals surface area contributed by atoms with Crippen LogP contribution in [0.25, 0.3) is 5.76 Å². The lowest BCUT2D eigenvalue weighted by Gasteiger charge is -2.25. The standard InChI is InChI=1S/C26H23NO5/c1-16-4-6-18(7-5-16)24(28)22-23(17-8-12-20(31-2)13-9-17)27(26(30)25(22)29)19-10-14-21(32-3)15-11-19/h4-15,23,28H,1-3H3/b24-22-. The maximum absolute atomic E-state index is 13.1. The van der Waals surface area contributed by atoms with Crippen LogP contribution in [-0.4, -0.2) is 31.0 Å². The molecule has 0 radical (unpaired) electrons. The van der Waals surface area contributed by atoms with Gasteiger partial charge in [-0.3, -0.25) is 14.5 Å². The van der Waals surface area contributed by atoms with Crippen molar-refractivity contribution >= 4 is 23.1 Å². The molecule has 0 aliphatic carbocycles. The van der Waals surface area contributed by atoms with E-state index in [4.69, 9.17) is 9.47 Å². The molecule has 1 saturated heterocycles. The van der Waals surface area contributed by atoms with Crippen molar-refractivity contribution < 1.29 is 24.2 Å². The van der Waals surface area contributed by atoms with E-state index in [1.807, 2.05) is 19.1 Å². The lowest BCUT2D eigenvalue weighted by Crippen LogP contribution is -2.29. The lowest BCUT2D eigenvalue weighted by molar-refractivity contribution is -0.132. The summed E-state index contributed by atoms with van der Waals surface area (Å²) in [5.41, 5.74) is 2.74. The topological polar surface area (TPSA) is 76.1 Å². The van der Waals surface area contributed by atoms with Crippen LogP contribution in [0.15, 0.2) is 78.4 Å². The molecule has 1 heterocycles. The van der Waals surface area contributed by atoms with Crippen molar-refractivity contribution in [1.82, 2.24) is 0 Å². The van der Waals surface area contributed by atoms with Crippen LogP contribution in [0.5, 0.6) is 11.5 Å². The number of hydrogen-bond donors (Lipinski definition) is 1. The SMILES string of the molecule is COc1ccc(C2/C(=C(/O)c3ccc(C)cc3)C(=O)C(=O)N2c2ccc(OC)cc2)cc1. The van der Waals surface area contributed by atoms with E-state index in [1.54, 1.807) is 74.9 Å². The number of anilines is 1. The van der Waals surface area contributed by atoms with Gasteiger partial charge in [0.2, 0.25) is 0 Å². The molecule has 6 nitrogen and oxygen atoms in total. The number of benzene rings is 3. The van der Waals surface area contributed by atoms with Crippen molar-refractivity contribution in [2.45, 2.75) is 13.0 Å². The second kappa shape index (κ2) is 8.59. The van der Waals surface area contributed by atoms with E-state index in [0.717, 1.165) is 5.56 Å². The number of ketones is 1. The fourth-order valence-electron chi connectivity index (χ4n) is 3.81. The molecule has 3 aromatic rings. The van der Waals surface area contributed by atoms with Crippen LogP contribution in [0.1, 0.15) is 22.7 Å². The first kappa shape index (κ1) is 21.2. The Morgan fingerprint density at radius 2 is 1.34 bits per heavy atom. The summed E-state index contributed by atoms with van der Waals surface area (Å²) in [4.78, 5) is 27.7. The summed E-state index contributed by atoms with van der Waals surface area (Å²) in [7, 11) is 3.12. The Labute approximate surface area is 186 Å². The Balaban J connectivity index is 1.90. The van der Waals surface area contributed by atoms with Gasteiger partial charge in [-0.2, -0.15) is 0 Å². The number of ether oxygens (including phenoxy) is 2. The van der Waals surface area contributed by atoms with E-state index in [0.29, 0.717) is 28.3 Å². The first-order valence-corrected chi connectivity index (χ1v) is 10.1. The number of methoxy groups -OCH3 is 2. The van der Waals surface area contributed by atoms with E-state index in [9.17, 15) is 14.7 Å². The minimum atomic E-state index is -0.796. The van der Waals surface area contributed by atoms with Gasteiger partial charge < -0.3 is 14.6 Å². The van der Waals surface area contributed by atoms with Crippen LogP contribution < -0.4 is 14.4 Å². The second-order valence-electron chi connectivity index (χ2n) is 7.51. The van der Waals surface area contributed by atoms with Crippen LogP contribution in [-0.2, 0) is 9.59 Å². The molecule has 1 atom stereocenters. The van der Waals surface area contributed by atoms with Crippen LogP contribution >= 0.6 is 0 Å². The molecular formula is C26H23NO5. The highest BCUT2D eigenvalue weighted by atomic mass is 16.5. The Morgan fingerprint density at radius 1 is 0.812 bits per heavy atom. The number of aliphatic hydroxyl groups excluding tert-OH is 1. The second-order valence-corrected chi connectivity index (χ2v) is 7.51. The van der Waals surface area contributed by atoms with Gasteiger partial charge in [0.25, 0.3) is 11.7 Å². The molecule has 0 saturated carbocycles. The molecular weight excluding hydrogens is 406 g/mol. The maximum Gasteiger partial charge on any atom is 0.300 e. The van der Waals surface area contributed by atoms with Gasteiger partial charge in [-0.1, -0.05) is 42.0 Å². The Kier molecular flexibility index (Phi) is 5.69. The molecule has 32 heavy (non-hydrogen) atoms. The van der Waals surface area contributed by atoms with Crippen molar-refractivity contribution in [2.75, 3.05) is 19.1 Å². The maximum atomic E-state index is 13.1. The molecule has 1 amide bonds.